The van der Waals surface area contributed by atoms with Crippen molar-refractivity contribution in [3.63, 3.8) is 0 Å². The molecule has 1 aromatic carbocycles. The number of rotatable bonds is 7. The van der Waals surface area contributed by atoms with E-state index in [1.165, 1.54) is 0 Å². The Labute approximate surface area is 148 Å². The van der Waals surface area contributed by atoms with Crippen LogP contribution < -0.4 is 10.1 Å². The number of hydrogen-bond acceptors (Lipinski definition) is 4. The predicted molar refractivity (Wildman–Crippen MR) is 97.9 cm³/mol. The number of nitrogens with one attached hydrogen (secondary N) is 2. The first-order chi connectivity index (χ1) is 12.2. The minimum Gasteiger partial charge on any atom is -0.496 e. The van der Waals surface area contributed by atoms with Gasteiger partial charge in [0.05, 0.1) is 19.6 Å². The number of likely N-dealkylation sites (tertiary alicyclic amines) is 1. The van der Waals surface area contributed by atoms with Crippen LogP contribution in [-0.2, 0) is 11.2 Å². The lowest BCUT2D eigenvalue weighted by molar-refractivity contribution is -0.120. The molecule has 1 aromatic heterocycles. The van der Waals surface area contributed by atoms with Crippen molar-refractivity contribution in [2.24, 2.45) is 0 Å². The molecule has 6 nitrogen and oxygen atoms in total. The van der Waals surface area contributed by atoms with Gasteiger partial charge in [-0.05, 0) is 43.5 Å². The Morgan fingerprint density at radius 2 is 2.20 bits per heavy atom. The minimum absolute atomic E-state index is 0.0286. The van der Waals surface area contributed by atoms with Crippen LogP contribution >= 0.6 is 0 Å². The molecule has 0 radical (unpaired) electrons. The van der Waals surface area contributed by atoms with Gasteiger partial charge in [0, 0.05) is 36.7 Å². The van der Waals surface area contributed by atoms with Crippen LogP contribution in [0.3, 0.4) is 0 Å². The van der Waals surface area contributed by atoms with E-state index < -0.39 is 0 Å². The number of carbonyl (C=O) groups excluding carboxylic acids is 1. The molecule has 3 N–H and O–H groups in total. The van der Waals surface area contributed by atoms with Crippen LogP contribution in [0.1, 0.15) is 24.8 Å². The van der Waals surface area contributed by atoms with Crippen molar-refractivity contribution in [2.45, 2.75) is 31.8 Å². The summed E-state index contributed by atoms with van der Waals surface area (Å²) in [5.74, 6) is 0.815. The third-order valence-corrected chi connectivity index (χ3v) is 4.85. The molecule has 0 unspecified atom stereocenters. The summed E-state index contributed by atoms with van der Waals surface area (Å²) in [7, 11) is 1.64. The number of benzene rings is 1. The molecule has 0 atom stereocenters. The molecule has 136 valence electrons. The third-order valence-electron chi connectivity index (χ3n) is 4.85. The first-order valence-corrected chi connectivity index (χ1v) is 8.97. The molecule has 2 heterocycles. The topological polar surface area (TPSA) is 77.6 Å². The molecule has 1 saturated heterocycles. The number of amides is 1. The zero-order valence-electron chi connectivity index (χ0n) is 14.8. The number of H-pyrrole nitrogens is 1. The summed E-state index contributed by atoms with van der Waals surface area (Å²) in [6.45, 7) is 3.54. The smallest absolute Gasteiger partial charge is 0.224 e. The van der Waals surface area contributed by atoms with Gasteiger partial charge >= 0.3 is 0 Å². The summed E-state index contributed by atoms with van der Waals surface area (Å²) in [4.78, 5) is 17.8. The van der Waals surface area contributed by atoms with Gasteiger partial charge < -0.3 is 25.0 Å². The summed E-state index contributed by atoms with van der Waals surface area (Å²) < 4.78 is 5.41. The summed E-state index contributed by atoms with van der Waals surface area (Å²) in [5, 5.41) is 13.5. The number of nitrogens with zero attached hydrogens (tertiary/aromatic N) is 1. The molecule has 1 fully saturated rings. The van der Waals surface area contributed by atoms with Crippen molar-refractivity contribution in [3.05, 3.63) is 30.0 Å². The summed E-state index contributed by atoms with van der Waals surface area (Å²) in [6.07, 6.45) is 4.73. The number of aromatic amines is 1. The molecule has 0 saturated carbocycles. The number of aromatic nitrogens is 1. The van der Waals surface area contributed by atoms with Crippen LogP contribution in [0.25, 0.3) is 10.9 Å². The lowest BCUT2D eigenvalue weighted by Crippen LogP contribution is -2.37. The van der Waals surface area contributed by atoms with Gasteiger partial charge in [-0.25, -0.2) is 0 Å². The van der Waals surface area contributed by atoms with E-state index in [1.54, 1.807) is 7.11 Å². The Hall–Kier alpha value is -2.05. The normalized spacial score (nSPS) is 16.2. The van der Waals surface area contributed by atoms with Crippen LogP contribution in [0.4, 0.5) is 0 Å². The monoisotopic (exact) mass is 345 g/mol. The van der Waals surface area contributed by atoms with Gasteiger partial charge in [-0.3, -0.25) is 4.79 Å². The van der Waals surface area contributed by atoms with Gasteiger partial charge in [0.1, 0.15) is 5.75 Å². The van der Waals surface area contributed by atoms with Gasteiger partial charge in [-0.15, -0.1) is 0 Å². The fourth-order valence-corrected chi connectivity index (χ4v) is 3.44. The highest BCUT2D eigenvalue weighted by Gasteiger charge is 2.16. The Morgan fingerprint density at radius 3 is 2.96 bits per heavy atom. The number of methoxy groups -OCH3 is 1. The summed E-state index contributed by atoms with van der Waals surface area (Å²) in [6, 6.07) is 5.82. The third kappa shape index (κ3) is 4.52. The molecule has 3 rings (SSSR count). The number of aliphatic hydroxyl groups is 1. The number of hydrogen-bond donors (Lipinski definition) is 3. The van der Waals surface area contributed by atoms with E-state index >= 15 is 0 Å². The second-order valence-electron chi connectivity index (χ2n) is 6.65. The number of carbonyl (C=O) groups is 1. The first-order valence-electron chi connectivity index (χ1n) is 8.97. The van der Waals surface area contributed by atoms with Crippen molar-refractivity contribution >= 4 is 16.8 Å². The molecule has 0 bridgehead atoms. The van der Waals surface area contributed by atoms with Gasteiger partial charge in [0.25, 0.3) is 0 Å². The van der Waals surface area contributed by atoms with Crippen molar-refractivity contribution in [2.75, 3.05) is 33.3 Å². The zero-order valence-corrected chi connectivity index (χ0v) is 14.8. The molecule has 0 aliphatic carbocycles. The van der Waals surface area contributed by atoms with Crippen molar-refractivity contribution in [1.82, 2.24) is 15.2 Å². The molecule has 6 heteroatoms. The van der Waals surface area contributed by atoms with Crippen molar-refractivity contribution in [3.8, 4) is 5.75 Å². The van der Waals surface area contributed by atoms with Crippen LogP contribution in [0, 0.1) is 0 Å². The van der Waals surface area contributed by atoms with E-state index in [9.17, 15) is 9.90 Å². The standard InChI is InChI=1S/C19H27N3O3/c1-25-17-5-2-4-16-19(17)14(13-21-16)12-18(24)20-8-3-9-22-10-6-15(23)7-11-22/h2,4-5,13,15,21,23H,3,6-12H2,1H3,(H,20,24). The summed E-state index contributed by atoms with van der Waals surface area (Å²) >= 11 is 0. The fraction of sp³-hybridized carbons (Fsp3) is 0.526. The highest BCUT2D eigenvalue weighted by Crippen LogP contribution is 2.28. The number of fused-ring (bicyclic) bond motifs is 1. The number of aliphatic hydroxyl groups excluding tert-OH is 1. The molecular formula is C19H27N3O3. The largest absolute Gasteiger partial charge is 0.496 e. The lowest BCUT2D eigenvalue weighted by Gasteiger charge is -2.29. The summed E-state index contributed by atoms with van der Waals surface area (Å²) in [5.41, 5.74) is 1.93. The van der Waals surface area contributed by atoms with Crippen molar-refractivity contribution in [1.29, 1.82) is 0 Å². The van der Waals surface area contributed by atoms with E-state index in [-0.39, 0.29) is 12.0 Å². The van der Waals surface area contributed by atoms with Gasteiger partial charge in [0.2, 0.25) is 5.91 Å². The van der Waals surface area contributed by atoms with E-state index in [1.807, 2.05) is 24.4 Å². The predicted octanol–water partition coefficient (Wildman–Crippen LogP) is 1.68. The van der Waals surface area contributed by atoms with Crippen molar-refractivity contribution < 1.29 is 14.6 Å². The molecular weight excluding hydrogens is 318 g/mol. The molecule has 1 aliphatic heterocycles. The van der Waals surface area contributed by atoms with E-state index in [0.717, 1.165) is 61.1 Å². The Balaban J connectivity index is 1.45. The molecule has 1 aliphatic rings. The van der Waals surface area contributed by atoms with Crippen LogP contribution in [0.2, 0.25) is 0 Å². The van der Waals surface area contributed by atoms with Gasteiger partial charge in [-0.2, -0.15) is 0 Å². The maximum atomic E-state index is 12.2. The second-order valence-corrected chi connectivity index (χ2v) is 6.65. The SMILES string of the molecule is COc1cccc2[nH]cc(CC(=O)NCCCN3CCC(O)CC3)c12. The van der Waals surface area contributed by atoms with E-state index in [2.05, 4.69) is 15.2 Å². The lowest BCUT2D eigenvalue weighted by atomic mass is 10.1. The van der Waals surface area contributed by atoms with E-state index in [0.29, 0.717) is 13.0 Å². The second kappa shape index (κ2) is 8.36. The maximum Gasteiger partial charge on any atom is 0.224 e. The quantitative estimate of drug-likeness (QED) is 0.667. The van der Waals surface area contributed by atoms with Crippen LogP contribution in [-0.4, -0.2) is 60.3 Å². The first kappa shape index (κ1) is 17.8. The van der Waals surface area contributed by atoms with Gasteiger partial charge in [-0.1, -0.05) is 6.07 Å². The highest BCUT2D eigenvalue weighted by molar-refractivity contribution is 5.93. The van der Waals surface area contributed by atoms with Gasteiger partial charge in [0.15, 0.2) is 0 Å². The zero-order chi connectivity index (χ0) is 17.6. The van der Waals surface area contributed by atoms with Crippen LogP contribution in [0.5, 0.6) is 5.75 Å². The Kier molecular flexibility index (Phi) is 5.94. The Bertz CT molecular complexity index is 705. The molecule has 2 aromatic rings. The Morgan fingerprint density at radius 1 is 1.40 bits per heavy atom. The van der Waals surface area contributed by atoms with E-state index in [4.69, 9.17) is 4.74 Å². The molecule has 1 amide bonds. The molecule has 0 spiro atoms. The average Bonchev–Trinajstić information content (AvgIpc) is 3.03. The van der Waals surface area contributed by atoms with Crippen LogP contribution in [0.15, 0.2) is 24.4 Å². The fourth-order valence-electron chi connectivity index (χ4n) is 3.44. The average molecular weight is 345 g/mol. The molecule has 25 heavy (non-hydrogen) atoms. The number of ether oxygens (including phenoxy) is 1. The maximum absolute atomic E-state index is 12.2. The minimum atomic E-state index is -0.135. The number of piperidine rings is 1. The highest BCUT2D eigenvalue weighted by atomic mass is 16.5.